The Balaban J connectivity index is 1.36. The van der Waals surface area contributed by atoms with Crippen molar-refractivity contribution < 1.29 is 9.59 Å². The molecule has 1 aliphatic rings. The number of carbonyl (C=O) groups is 2. The molecule has 1 atom stereocenters. The van der Waals surface area contributed by atoms with Gasteiger partial charge < -0.3 is 15.5 Å². The molecule has 1 fully saturated rings. The van der Waals surface area contributed by atoms with E-state index in [-0.39, 0.29) is 18.4 Å². The van der Waals surface area contributed by atoms with Crippen LogP contribution in [0.4, 0.5) is 5.69 Å². The normalized spacial score (nSPS) is 15.7. The van der Waals surface area contributed by atoms with Crippen LogP contribution in [0.15, 0.2) is 54.6 Å². The molecule has 1 heterocycles. The molecule has 0 saturated carbocycles. The fraction of sp³-hybridized carbons (Fsp3) is 0.318. The summed E-state index contributed by atoms with van der Waals surface area (Å²) in [6.07, 6.45) is 1.33. The average Bonchev–Trinajstić information content (AvgIpc) is 3.21. The molecule has 1 saturated heterocycles. The first-order valence-corrected chi connectivity index (χ1v) is 9.46. The van der Waals surface area contributed by atoms with Gasteiger partial charge in [0, 0.05) is 25.3 Å². The summed E-state index contributed by atoms with van der Waals surface area (Å²) in [5, 5.41) is 14.8. The predicted octanol–water partition coefficient (Wildman–Crippen LogP) is 2.18. The number of hydrogen-bond donors (Lipinski definition) is 2. The first kappa shape index (κ1) is 19.4. The van der Waals surface area contributed by atoms with E-state index in [1.165, 1.54) is 0 Å². The zero-order valence-corrected chi connectivity index (χ0v) is 15.7. The zero-order valence-electron chi connectivity index (χ0n) is 15.7. The van der Waals surface area contributed by atoms with Crippen LogP contribution in [0.25, 0.3) is 0 Å². The monoisotopic (exact) mass is 376 g/mol. The van der Waals surface area contributed by atoms with Gasteiger partial charge in [0.2, 0.25) is 11.8 Å². The Morgan fingerprint density at radius 2 is 1.86 bits per heavy atom. The van der Waals surface area contributed by atoms with Gasteiger partial charge >= 0.3 is 0 Å². The van der Waals surface area contributed by atoms with Crippen LogP contribution in [0.2, 0.25) is 0 Å². The molecule has 0 bridgehead atoms. The summed E-state index contributed by atoms with van der Waals surface area (Å²) in [6, 6.07) is 18.8. The average molecular weight is 376 g/mol. The highest BCUT2D eigenvalue weighted by Crippen LogP contribution is 2.17. The van der Waals surface area contributed by atoms with E-state index in [9.17, 15) is 9.59 Å². The second-order valence-corrected chi connectivity index (χ2v) is 7.00. The number of amides is 2. The van der Waals surface area contributed by atoms with Crippen molar-refractivity contribution in [1.29, 1.82) is 5.26 Å². The van der Waals surface area contributed by atoms with Crippen molar-refractivity contribution in [3.05, 3.63) is 65.7 Å². The third-order valence-corrected chi connectivity index (χ3v) is 4.89. The fourth-order valence-electron chi connectivity index (χ4n) is 3.27. The maximum absolute atomic E-state index is 12.4. The summed E-state index contributed by atoms with van der Waals surface area (Å²) >= 11 is 0. The highest BCUT2D eigenvalue weighted by molar-refractivity contribution is 5.81. The van der Waals surface area contributed by atoms with Crippen molar-refractivity contribution in [2.45, 2.75) is 12.8 Å². The minimum absolute atomic E-state index is 0.0848. The van der Waals surface area contributed by atoms with Gasteiger partial charge in [0.25, 0.3) is 0 Å². The van der Waals surface area contributed by atoms with Crippen molar-refractivity contribution in [2.24, 2.45) is 5.92 Å². The van der Waals surface area contributed by atoms with Crippen LogP contribution >= 0.6 is 0 Å². The molecule has 0 radical (unpaired) electrons. The van der Waals surface area contributed by atoms with Crippen LogP contribution in [0.5, 0.6) is 0 Å². The van der Waals surface area contributed by atoms with Crippen LogP contribution < -0.4 is 10.6 Å². The van der Waals surface area contributed by atoms with Crippen LogP contribution in [0, 0.1) is 17.2 Å². The third-order valence-electron chi connectivity index (χ3n) is 4.89. The first-order chi connectivity index (χ1) is 13.6. The minimum Gasteiger partial charge on any atom is -0.376 e. The Morgan fingerprint density at radius 3 is 2.57 bits per heavy atom. The Morgan fingerprint density at radius 1 is 1.11 bits per heavy atom. The lowest BCUT2D eigenvalue weighted by molar-refractivity contribution is -0.129. The standard InChI is InChI=1S/C22H24N4O2/c23-13-18-6-8-20(9-7-18)24-15-21(27)25-14-19-10-11-26(16-19)22(28)12-17-4-2-1-3-5-17/h1-9,19,24H,10-12,14-16H2,(H,25,27). The first-order valence-electron chi connectivity index (χ1n) is 9.46. The summed E-state index contributed by atoms with van der Waals surface area (Å²) in [5.74, 6) is 0.347. The molecule has 0 aromatic heterocycles. The Labute approximate surface area is 165 Å². The van der Waals surface area contributed by atoms with Crippen LogP contribution in [-0.4, -0.2) is 42.9 Å². The number of benzene rings is 2. The number of hydrogen-bond acceptors (Lipinski definition) is 4. The SMILES string of the molecule is N#Cc1ccc(NCC(=O)NCC2CCN(C(=O)Cc3ccccc3)C2)cc1. The second-order valence-electron chi connectivity index (χ2n) is 7.00. The highest BCUT2D eigenvalue weighted by atomic mass is 16.2. The number of likely N-dealkylation sites (tertiary alicyclic amines) is 1. The van der Waals surface area contributed by atoms with Crippen molar-refractivity contribution >= 4 is 17.5 Å². The van der Waals surface area contributed by atoms with Gasteiger partial charge in [0.15, 0.2) is 0 Å². The molecule has 6 heteroatoms. The molecule has 6 nitrogen and oxygen atoms in total. The number of anilines is 1. The molecular weight excluding hydrogens is 352 g/mol. The molecule has 3 rings (SSSR count). The Bertz CT molecular complexity index is 843. The highest BCUT2D eigenvalue weighted by Gasteiger charge is 2.26. The van der Waals surface area contributed by atoms with Gasteiger partial charge in [-0.2, -0.15) is 5.26 Å². The van der Waals surface area contributed by atoms with Crippen LogP contribution in [-0.2, 0) is 16.0 Å². The number of carbonyl (C=O) groups excluding carboxylic acids is 2. The van der Waals surface area contributed by atoms with E-state index in [2.05, 4.69) is 16.7 Å². The summed E-state index contributed by atoms with van der Waals surface area (Å²) < 4.78 is 0. The zero-order chi connectivity index (χ0) is 19.8. The van der Waals surface area contributed by atoms with E-state index >= 15 is 0 Å². The maximum Gasteiger partial charge on any atom is 0.239 e. The molecular formula is C22H24N4O2. The number of rotatable bonds is 7. The molecule has 2 N–H and O–H groups in total. The lowest BCUT2D eigenvalue weighted by atomic mass is 10.1. The van der Waals surface area contributed by atoms with Crippen molar-refractivity contribution in [3.8, 4) is 6.07 Å². The molecule has 2 aromatic carbocycles. The van der Waals surface area contributed by atoms with Crippen molar-refractivity contribution in [1.82, 2.24) is 10.2 Å². The summed E-state index contributed by atoms with van der Waals surface area (Å²) in [6.45, 7) is 2.18. The van der Waals surface area contributed by atoms with E-state index in [4.69, 9.17) is 5.26 Å². The quantitative estimate of drug-likeness (QED) is 0.776. The molecule has 2 amide bonds. The van der Waals surface area contributed by atoms with Crippen LogP contribution in [0.3, 0.4) is 0 Å². The van der Waals surface area contributed by atoms with Crippen molar-refractivity contribution in [3.63, 3.8) is 0 Å². The summed E-state index contributed by atoms with van der Waals surface area (Å²) in [7, 11) is 0. The van der Waals surface area contributed by atoms with E-state index in [0.717, 1.165) is 24.2 Å². The molecule has 0 aliphatic carbocycles. The van der Waals surface area contributed by atoms with Gasteiger partial charge in [0.05, 0.1) is 24.6 Å². The molecule has 2 aromatic rings. The maximum atomic E-state index is 12.4. The number of nitrogens with zero attached hydrogens (tertiary/aromatic N) is 2. The largest absolute Gasteiger partial charge is 0.376 e. The smallest absolute Gasteiger partial charge is 0.239 e. The van der Waals surface area contributed by atoms with Gasteiger partial charge in [-0.3, -0.25) is 9.59 Å². The Hall–Kier alpha value is -3.33. The van der Waals surface area contributed by atoms with Gasteiger partial charge in [0.1, 0.15) is 0 Å². The lowest BCUT2D eigenvalue weighted by Crippen LogP contribution is -2.36. The molecule has 1 aliphatic heterocycles. The van der Waals surface area contributed by atoms with Gasteiger partial charge in [-0.05, 0) is 42.2 Å². The van der Waals surface area contributed by atoms with Crippen molar-refractivity contribution in [2.75, 3.05) is 31.5 Å². The lowest BCUT2D eigenvalue weighted by Gasteiger charge is -2.17. The summed E-state index contributed by atoms with van der Waals surface area (Å²) in [4.78, 5) is 26.3. The number of nitrogens with one attached hydrogen (secondary N) is 2. The van der Waals surface area contributed by atoms with Gasteiger partial charge in [-0.15, -0.1) is 0 Å². The van der Waals surface area contributed by atoms with E-state index in [1.807, 2.05) is 35.2 Å². The van der Waals surface area contributed by atoms with Gasteiger partial charge in [-0.1, -0.05) is 30.3 Å². The molecule has 144 valence electrons. The topological polar surface area (TPSA) is 85.2 Å². The van der Waals surface area contributed by atoms with Crippen LogP contribution in [0.1, 0.15) is 17.5 Å². The predicted molar refractivity (Wildman–Crippen MR) is 107 cm³/mol. The second kappa shape index (κ2) is 9.56. The minimum atomic E-state index is -0.0848. The number of nitriles is 1. The fourth-order valence-corrected chi connectivity index (χ4v) is 3.27. The van der Waals surface area contributed by atoms with E-state index < -0.39 is 0 Å². The molecule has 0 spiro atoms. The van der Waals surface area contributed by atoms with E-state index in [0.29, 0.717) is 31.0 Å². The van der Waals surface area contributed by atoms with Gasteiger partial charge in [-0.25, -0.2) is 0 Å². The Kier molecular flexibility index (Phi) is 6.64. The molecule has 28 heavy (non-hydrogen) atoms. The van der Waals surface area contributed by atoms with E-state index in [1.54, 1.807) is 24.3 Å². The molecule has 1 unspecified atom stereocenters. The summed E-state index contributed by atoms with van der Waals surface area (Å²) in [5.41, 5.74) is 2.41. The third kappa shape index (κ3) is 5.58.